The van der Waals surface area contributed by atoms with Gasteiger partial charge in [0, 0.05) is 15.5 Å². The summed E-state index contributed by atoms with van der Waals surface area (Å²) in [5.41, 5.74) is 3.27. The number of nitrogens with one attached hydrogen (secondary N) is 1. The van der Waals surface area contributed by atoms with Gasteiger partial charge in [0.2, 0.25) is 5.28 Å². The van der Waals surface area contributed by atoms with Gasteiger partial charge in [0.25, 0.3) is 5.91 Å². The van der Waals surface area contributed by atoms with Crippen molar-refractivity contribution in [1.29, 1.82) is 0 Å². The molecule has 0 bridgehead atoms. The van der Waals surface area contributed by atoms with Gasteiger partial charge in [-0.3, -0.25) is 4.79 Å². The third-order valence-corrected chi connectivity index (χ3v) is 6.06. The van der Waals surface area contributed by atoms with Crippen LogP contribution in [0.25, 0.3) is 0 Å². The number of amides is 1. The number of aromatic nitrogens is 3. The van der Waals surface area contributed by atoms with Gasteiger partial charge in [-0.2, -0.15) is 4.98 Å². The number of hydrogen-bond acceptors (Lipinski definition) is 4. The third-order valence-electron chi connectivity index (χ3n) is 4.58. The van der Waals surface area contributed by atoms with Crippen molar-refractivity contribution in [3.05, 3.63) is 99.8 Å². The van der Waals surface area contributed by atoms with Crippen molar-refractivity contribution in [2.45, 2.75) is 23.5 Å². The summed E-state index contributed by atoms with van der Waals surface area (Å²) >= 11 is 13.5. The molecule has 4 aromatic rings. The highest BCUT2D eigenvalue weighted by Crippen LogP contribution is 2.33. The first-order valence-electron chi connectivity index (χ1n) is 9.48. The van der Waals surface area contributed by atoms with Crippen LogP contribution in [0.4, 0.5) is 5.69 Å². The summed E-state index contributed by atoms with van der Waals surface area (Å²) in [7, 11) is 0. The smallest absolute Gasteiger partial charge is 0.255 e. The Morgan fingerprint density at radius 3 is 2.48 bits per heavy atom. The van der Waals surface area contributed by atoms with Gasteiger partial charge in [0.1, 0.15) is 0 Å². The lowest BCUT2D eigenvalue weighted by molar-refractivity contribution is 0.102. The lowest BCUT2D eigenvalue weighted by atomic mass is 10.1. The molecule has 0 saturated carbocycles. The van der Waals surface area contributed by atoms with Crippen LogP contribution in [0.2, 0.25) is 10.3 Å². The molecule has 0 atom stereocenters. The maximum atomic E-state index is 12.8. The molecule has 0 saturated heterocycles. The van der Waals surface area contributed by atoms with Gasteiger partial charge >= 0.3 is 0 Å². The maximum absolute atomic E-state index is 12.8. The van der Waals surface area contributed by atoms with Crippen molar-refractivity contribution in [3.63, 3.8) is 0 Å². The molecule has 31 heavy (non-hydrogen) atoms. The highest BCUT2D eigenvalue weighted by molar-refractivity contribution is 7.99. The van der Waals surface area contributed by atoms with E-state index in [9.17, 15) is 4.79 Å². The Labute approximate surface area is 194 Å². The Bertz CT molecular complexity index is 1220. The molecule has 0 unspecified atom stereocenters. The zero-order valence-electron chi connectivity index (χ0n) is 16.5. The fourth-order valence-electron chi connectivity index (χ4n) is 3.02. The summed E-state index contributed by atoms with van der Waals surface area (Å²) in [5.74, 6) is -0.160. The zero-order valence-corrected chi connectivity index (χ0v) is 18.9. The maximum Gasteiger partial charge on any atom is 0.255 e. The first kappa shape index (κ1) is 21.4. The van der Waals surface area contributed by atoms with Crippen molar-refractivity contribution < 1.29 is 4.79 Å². The van der Waals surface area contributed by atoms with Crippen molar-refractivity contribution in [1.82, 2.24) is 14.8 Å². The molecule has 1 N–H and O–H groups in total. The molecule has 0 spiro atoms. The van der Waals surface area contributed by atoms with E-state index in [4.69, 9.17) is 23.2 Å². The van der Waals surface area contributed by atoms with Crippen molar-refractivity contribution in [2.75, 3.05) is 5.32 Å². The zero-order chi connectivity index (χ0) is 21.8. The normalized spacial score (nSPS) is 10.8. The Hall–Kier alpha value is -2.80. The summed E-state index contributed by atoms with van der Waals surface area (Å²) in [5, 5.41) is 8.77. The Kier molecular flexibility index (Phi) is 6.61. The van der Waals surface area contributed by atoms with E-state index in [1.165, 1.54) is 11.8 Å². The van der Waals surface area contributed by atoms with Crippen LogP contribution in [0.3, 0.4) is 0 Å². The minimum atomic E-state index is -0.160. The molecule has 0 fully saturated rings. The summed E-state index contributed by atoms with van der Waals surface area (Å²) in [6.45, 7) is 2.41. The van der Waals surface area contributed by atoms with E-state index in [2.05, 4.69) is 15.4 Å². The number of halogens is 2. The number of para-hydroxylation sites is 1. The molecule has 4 rings (SSSR count). The molecule has 5 nitrogen and oxygen atoms in total. The molecule has 0 aliphatic heterocycles. The fraction of sp³-hybridized carbons (Fsp3) is 0.0870. The van der Waals surface area contributed by atoms with E-state index in [-0.39, 0.29) is 11.2 Å². The van der Waals surface area contributed by atoms with E-state index in [0.29, 0.717) is 28.0 Å². The van der Waals surface area contributed by atoms with Crippen molar-refractivity contribution in [3.8, 4) is 0 Å². The van der Waals surface area contributed by atoms with E-state index in [1.807, 2.05) is 79.7 Å². The SMILES string of the molecule is Cc1ccccc1C(=O)Nc1ccccc1Sc1nc(Cl)nn1Cc1ccc(Cl)cc1. The predicted octanol–water partition coefficient (Wildman–Crippen LogP) is 6.35. The Morgan fingerprint density at radius 2 is 1.71 bits per heavy atom. The van der Waals surface area contributed by atoms with Gasteiger partial charge < -0.3 is 5.32 Å². The quantitative estimate of drug-likeness (QED) is 0.358. The molecule has 1 heterocycles. The summed E-state index contributed by atoms with van der Waals surface area (Å²) in [6, 6.07) is 22.6. The number of carbonyl (C=O) groups excluding carboxylic acids is 1. The molecular formula is C23H18Cl2N4OS. The van der Waals surface area contributed by atoms with Crippen molar-refractivity contribution >= 4 is 46.6 Å². The van der Waals surface area contributed by atoms with Crippen LogP contribution in [0.15, 0.2) is 82.8 Å². The molecule has 3 aromatic carbocycles. The molecule has 156 valence electrons. The second kappa shape index (κ2) is 9.56. The van der Waals surface area contributed by atoms with Crippen LogP contribution in [0.5, 0.6) is 0 Å². The van der Waals surface area contributed by atoms with Crippen LogP contribution >= 0.6 is 35.0 Å². The molecular weight excluding hydrogens is 451 g/mol. The van der Waals surface area contributed by atoms with E-state index >= 15 is 0 Å². The number of benzene rings is 3. The molecule has 0 aliphatic rings. The van der Waals surface area contributed by atoms with Crippen LogP contribution in [0.1, 0.15) is 21.5 Å². The fourth-order valence-corrected chi connectivity index (χ4v) is 4.28. The van der Waals surface area contributed by atoms with Crippen LogP contribution in [0, 0.1) is 6.92 Å². The summed E-state index contributed by atoms with van der Waals surface area (Å²) in [6.07, 6.45) is 0. The standard InChI is InChI=1S/C23H18Cl2N4OS/c1-15-6-2-3-7-18(15)21(30)26-19-8-4-5-9-20(19)31-23-27-22(25)28-29(23)14-16-10-12-17(24)13-11-16/h2-13H,14H2,1H3,(H,26,30). The number of rotatable bonds is 6. The molecule has 0 aliphatic carbocycles. The van der Waals surface area contributed by atoms with Crippen LogP contribution in [-0.2, 0) is 6.54 Å². The number of anilines is 1. The molecule has 8 heteroatoms. The molecule has 1 aromatic heterocycles. The lowest BCUT2D eigenvalue weighted by Crippen LogP contribution is -2.13. The predicted molar refractivity (Wildman–Crippen MR) is 125 cm³/mol. The second-order valence-corrected chi connectivity index (χ2v) is 8.60. The third kappa shape index (κ3) is 5.28. The van der Waals surface area contributed by atoms with E-state index in [1.54, 1.807) is 4.68 Å². The average molecular weight is 469 g/mol. The van der Waals surface area contributed by atoms with Crippen LogP contribution < -0.4 is 5.32 Å². The number of aryl methyl sites for hydroxylation is 1. The number of nitrogens with zero attached hydrogens (tertiary/aromatic N) is 3. The van der Waals surface area contributed by atoms with E-state index < -0.39 is 0 Å². The summed E-state index contributed by atoms with van der Waals surface area (Å²) in [4.78, 5) is 18.0. The van der Waals surface area contributed by atoms with Gasteiger partial charge in [-0.25, -0.2) is 4.68 Å². The second-order valence-electron chi connectivity index (χ2n) is 6.81. The molecule has 0 radical (unpaired) electrons. The lowest BCUT2D eigenvalue weighted by Gasteiger charge is -2.12. The first-order chi connectivity index (χ1) is 15.0. The van der Waals surface area contributed by atoms with Gasteiger partial charge in [-0.15, -0.1) is 5.10 Å². The van der Waals surface area contributed by atoms with Gasteiger partial charge in [0.05, 0.1) is 12.2 Å². The van der Waals surface area contributed by atoms with Crippen LogP contribution in [-0.4, -0.2) is 20.7 Å². The van der Waals surface area contributed by atoms with Gasteiger partial charge in [-0.1, -0.05) is 54.1 Å². The highest BCUT2D eigenvalue weighted by Gasteiger charge is 2.15. The highest BCUT2D eigenvalue weighted by atomic mass is 35.5. The summed E-state index contributed by atoms with van der Waals surface area (Å²) < 4.78 is 1.73. The largest absolute Gasteiger partial charge is 0.321 e. The van der Waals surface area contributed by atoms with Gasteiger partial charge in [0.15, 0.2) is 5.16 Å². The van der Waals surface area contributed by atoms with E-state index in [0.717, 1.165) is 16.0 Å². The minimum Gasteiger partial charge on any atom is -0.321 e. The Balaban J connectivity index is 1.57. The minimum absolute atomic E-state index is 0.160. The number of carbonyl (C=O) groups is 1. The monoisotopic (exact) mass is 468 g/mol. The Morgan fingerprint density at radius 1 is 1.00 bits per heavy atom. The average Bonchev–Trinajstić information content (AvgIpc) is 3.10. The van der Waals surface area contributed by atoms with Crippen molar-refractivity contribution in [2.24, 2.45) is 0 Å². The number of hydrogen-bond donors (Lipinski definition) is 1. The topological polar surface area (TPSA) is 59.8 Å². The molecule has 1 amide bonds. The van der Waals surface area contributed by atoms with Gasteiger partial charge in [-0.05, 0) is 71.7 Å². The first-order valence-corrected chi connectivity index (χ1v) is 11.1.